The maximum absolute atomic E-state index is 5.09. The van der Waals surface area contributed by atoms with Crippen molar-refractivity contribution in [2.75, 3.05) is 20.3 Å². The van der Waals surface area contributed by atoms with E-state index in [9.17, 15) is 0 Å². The second-order valence-corrected chi connectivity index (χ2v) is 3.42. The van der Waals surface area contributed by atoms with E-state index >= 15 is 0 Å². The summed E-state index contributed by atoms with van der Waals surface area (Å²) in [5.74, 6) is 0.892. The fraction of sp³-hybridized carbons (Fsp3) is 0.385. The first-order valence-corrected chi connectivity index (χ1v) is 5.43. The van der Waals surface area contributed by atoms with Gasteiger partial charge in [-0.1, -0.05) is 18.7 Å². The van der Waals surface area contributed by atoms with Gasteiger partial charge in [0.15, 0.2) is 0 Å². The molecule has 0 aliphatic carbocycles. The Morgan fingerprint density at radius 2 is 2.06 bits per heavy atom. The summed E-state index contributed by atoms with van der Waals surface area (Å²) in [6.45, 7) is 6.03. The minimum absolute atomic E-state index is 0.721. The van der Waals surface area contributed by atoms with Crippen molar-refractivity contribution in [1.29, 1.82) is 0 Å². The van der Waals surface area contributed by atoms with Crippen LogP contribution < -0.4 is 10.1 Å². The molecule has 1 N–H and O–H groups in total. The van der Waals surface area contributed by atoms with Crippen molar-refractivity contribution in [3.8, 4) is 5.75 Å². The van der Waals surface area contributed by atoms with E-state index in [1.807, 2.05) is 12.1 Å². The van der Waals surface area contributed by atoms with Gasteiger partial charge in [-0.05, 0) is 30.7 Å². The molecular weight excluding hydrogens is 202 g/mol. The van der Waals surface area contributed by atoms with Crippen molar-refractivity contribution in [3.63, 3.8) is 0 Å². The molecule has 0 aliphatic rings. The molecule has 88 valence electrons. The van der Waals surface area contributed by atoms with Crippen LogP contribution in [0.3, 0.4) is 0 Å². The monoisotopic (exact) mass is 221 g/mol. The highest BCUT2D eigenvalue weighted by Crippen LogP contribution is 2.10. The molecule has 3 nitrogen and oxygen atoms in total. The Kier molecular flexibility index (Phi) is 6.11. The molecule has 0 aromatic heterocycles. The quantitative estimate of drug-likeness (QED) is 0.540. The summed E-state index contributed by atoms with van der Waals surface area (Å²) in [6.07, 6.45) is 2.46. The number of hydrogen-bond donors (Lipinski definition) is 1. The van der Waals surface area contributed by atoms with Gasteiger partial charge >= 0.3 is 0 Å². The highest BCUT2D eigenvalue weighted by molar-refractivity contribution is 5.26. The van der Waals surface area contributed by atoms with Crippen LogP contribution in [0.15, 0.2) is 37.1 Å². The van der Waals surface area contributed by atoms with Crippen LogP contribution in [0, 0.1) is 0 Å². The fourth-order valence-electron chi connectivity index (χ4n) is 1.34. The fourth-order valence-corrected chi connectivity index (χ4v) is 1.34. The first-order valence-electron chi connectivity index (χ1n) is 5.43. The van der Waals surface area contributed by atoms with E-state index in [2.05, 4.69) is 24.0 Å². The zero-order chi connectivity index (χ0) is 11.6. The molecule has 0 aliphatic heterocycles. The highest BCUT2D eigenvalue weighted by Gasteiger charge is 1.94. The van der Waals surface area contributed by atoms with Crippen LogP contribution in [0.4, 0.5) is 0 Å². The second kappa shape index (κ2) is 7.77. The van der Waals surface area contributed by atoms with E-state index in [1.165, 1.54) is 11.8 Å². The Hall–Kier alpha value is -1.48. The first kappa shape index (κ1) is 12.6. The number of methoxy groups -OCH3 is 1. The Balaban J connectivity index is 2.14. The predicted molar refractivity (Wildman–Crippen MR) is 65.5 cm³/mol. The minimum atomic E-state index is 0.721. The van der Waals surface area contributed by atoms with Gasteiger partial charge in [-0.15, -0.1) is 0 Å². The van der Waals surface area contributed by atoms with E-state index in [0.717, 1.165) is 31.9 Å². The summed E-state index contributed by atoms with van der Waals surface area (Å²) < 4.78 is 10.1. The number of rotatable bonds is 8. The number of ether oxygens (including phenoxy) is 2. The smallest absolute Gasteiger partial charge is 0.118 e. The first-order chi connectivity index (χ1) is 7.86. The van der Waals surface area contributed by atoms with Crippen LogP contribution in [0.2, 0.25) is 0 Å². The van der Waals surface area contributed by atoms with Crippen LogP contribution in [0.25, 0.3) is 0 Å². The normalized spacial score (nSPS) is 9.81. The van der Waals surface area contributed by atoms with E-state index in [0.29, 0.717) is 0 Å². The Bertz CT molecular complexity index is 295. The summed E-state index contributed by atoms with van der Waals surface area (Å²) >= 11 is 0. The van der Waals surface area contributed by atoms with Gasteiger partial charge in [0, 0.05) is 6.54 Å². The standard InChI is InChI=1S/C13H19NO2/c1-3-16-10-4-9-14-11-12-5-7-13(15-2)8-6-12/h3,5-8,14H,1,4,9-11H2,2H3. The van der Waals surface area contributed by atoms with E-state index in [4.69, 9.17) is 9.47 Å². The largest absolute Gasteiger partial charge is 0.502 e. The average molecular weight is 221 g/mol. The molecule has 16 heavy (non-hydrogen) atoms. The van der Waals surface area contributed by atoms with Gasteiger partial charge in [-0.3, -0.25) is 0 Å². The van der Waals surface area contributed by atoms with Crippen molar-refractivity contribution < 1.29 is 9.47 Å². The number of nitrogens with one attached hydrogen (secondary N) is 1. The average Bonchev–Trinajstić information content (AvgIpc) is 2.34. The van der Waals surface area contributed by atoms with Gasteiger partial charge in [0.2, 0.25) is 0 Å². The SMILES string of the molecule is C=COCCCNCc1ccc(OC)cc1. The molecule has 0 bridgehead atoms. The van der Waals surface area contributed by atoms with Crippen molar-refractivity contribution in [3.05, 3.63) is 42.7 Å². The number of benzene rings is 1. The molecule has 0 radical (unpaired) electrons. The zero-order valence-electron chi connectivity index (χ0n) is 9.74. The van der Waals surface area contributed by atoms with Gasteiger partial charge in [0.05, 0.1) is 20.0 Å². The molecule has 1 rings (SSSR count). The Morgan fingerprint density at radius 1 is 1.31 bits per heavy atom. The zero-order valence-corrected chi connectivity index (χ0v) is 9.74. The predicted octanol–water partition coefficient (Wildman–Crippen LogP) is 2.33. The van der Waals surface area contributed by atoms with Gasteiger partial charge < -0.3 is 14.8 Å². The van der Waals surface area contributed by atoms with E-state index < -0.39 is 0 Å². The summed E-state index contributed by atoms with van der Waals surface area (Å²) in [6, 6.07) is 8.06. The summed E-state index contributed by atoms with van der Waals surface area (Å²) in [5, 5.41) is 3.34. The lowest BCUT2D eigenvalue weighted by Crippen LogP contribution is -2.15. The molecule has 0 saturated carbocycles. The van der Waals surface area contributed by atoms with Crippen LogP contribution in [-0.4, -0.2) is 20.3 Å². The second-order valence-electron chi connectivity index (χ2n) is 3.42. The Labute approximate surface area is 97.1 Å². The maximum Gasteiger partial charge on any atom is 0.118 e. The molecule has 1 aromatic carbocycles. The summed E-state index contributed by atoms with van der Waals surface area (Å²) in [4.78, 5) is 0. The lowest BCUT2D eigenvalue weighted by Gasteiger charge is -2.05. The van der Waals surface area contributed by atoms with Crippen molar-refractivity contribution >= 4 is 0 Å². The van der Waals surface area contributed by atoms with Gasteiger partial charge in [0.1, 0.15) is 5.75 Å². The topological polar surface area (TPSA) is 30.5 Å². The number of hydrogen-bond acceptors (Lipinski definition) is 3. The lowest BCUT2D eigenvalue weighted by molar-refractivity contribution is 0.244. The molecule has 0 atom stereocenters. The third kappa shape index (κ3) is 4.84. The summed E-state index contributed by atoms with van der Waals surface area (Å²) in [5.41, 5.74) is 1.26. The molecule has 0 unspecified atom stereocenters. The third-order valence-electron chi connectivity index (χ3n) is 2.22. The molecular formula is C13H19NO2. The molecule has 0 saturated heterocycles. The third-order valence-corrected chi connectivity index (χ3v) is 2.22. The van der Waals surface area contributed by atoms with Crippen LogP contribution in [0.1, 0.15) is 12.0 Å². The lowest BCUT2D eigenvalue weighted by atomic mass is 10.2. The van der Waals surface area contributed by atoms with Crippen LogP contribution in [-0.2, 0) is 11.3 Å². The highest BCUT2D eigenvalue weighted by atomic mass is 16.5. The van der Waals surface area contributed by atoms with Gasteiger partial charge in [0.25, 0.3) is 0 Å². The minimum Gasteiger partial charge on any atom is -0.502 e. The molecule has 0 fully saturated rings. The summed E-state index contributed by atoms with van der Waals surface area (Å²) in [7, 11) is 1.67. The molecule has 3 heteroatoms. The molecule has 0 spiro atoms. The maximum atomic E-state index is 5.09. The van der Waals surface area contributed by atoms with Gasteiger partial charge in [-0.25, -0.2) is 0 Å². The van der Waals surface area contributed by atoms with Crippen molar-refractivity contribution in [2.24, 2.45) is 0 Å². The molecule has 1 aromatic rings. The van der Waals surface area contributed by atoms with Crippen molar-refractivity contribution in [1.82, 2.24) is 5.32 Å². The van der Waals surface area contributed by atoms with E-state index in [1.54, 1.807) is 7.11 Å². The van der Waals surface area contributed by atoms with Crippen LogP contribution >= 0.6 is 0 Å². The Morgan fingerprint density at radius 3 is 2.69 bits per heavy atom. The van der Waals surface area contributed by atoms with E-state index in [-0.39, 0.29) is 0 Å². The molecule has 0 amide bonds. The van der Waals surface area contributed by atoms with Gasteiger partial charge in [-0.2, -0.15) is 0 Å². The van der Waals surface area contributed by atoms with Crippen molar-refractivity contribution in [2.45, 2.75) is 13.0 Å². The van der Waals surface area contributed by atoms with Crippen LogP contribution in [0.5, 0.6) is 5.75 Å². The molecule has 0 heterocycles.